The quantitative estimate of drug-likeness (QED) is 0.748. The van der Waals surface area contributed by atoms with Crippen molar-refractivity contribution in [1.29, 1.82) is 0 Å². The van der Waals surface area contributed by atoms with E-state index in [4.69, 9.17) is 5.73 Å². The molecule has 2 N–H and O–H groups in total. The molecule has 2 aromatic rings. The van der Waals surface area contributed by atoms with E-state index in [9.17, 15) is 0 Å². The van der Waals surface area contributed by atoms with Gasteiger partial charge in [0.25, 0.3) is 0 Å². The highest BCUT2D eigenvalue weighted by Gasteiger charge is 2.22. The number of hydrogen-bond donors (Lipinski definition) is 1. The Bertz CT molecular complexity index is 470. The second kappa shape index (κ2) is 3.70. The molecule has 0 spiro atoms. The monoisotopic (exact) mass is 226 g/mol. The summed E-state index contributed by atoms with van der Waals surface area (Å²) < 4.78 is 1.72. The van der Waals surface area contributed by atoms with Gasteiger partial charge in [-0.1, -0.05) is 20.8 Å². The third-order valence-corrected chi connectivity index (χ3v) is 2.14. The van der Waals surface area contributed by atoms with Crippen molar-refractivity contribution in [3.05, 3.63) is 24.2 Å². The van der Waals surface area contributed by atoms with E-state index in [-0.39, 0.29) is 17.8 Å². The number of hydrogen-bond acceptors (Lipinski definition) is 3. The Hall–Kier alpha value is -1.29. The molecule has 0 atom stereocenters. The van der Waals surface area contributed by atoms with Crippen LogP contribution in [0.2, 0.25) is 0 Å². The number of anilines is 1. The second-order valence-corrected chi connectivity index (χ2v) is 4.40. The van der Waals surface area contributed by atoms with Crippen LogP contribution in [0.15, 0.2) is 18.5 Å². The van der Waals surface area contributed by atoms with Gasteiger partial charge in [-0.05, 0) is 6.07 Å². The Morgan fingerprint density at radius 3 is 2.53 bits per heavy atom. The fraction of sp³-hybridized carbons (Fsp3) is 0.400. The predicted molar refractivity (Wildman–Crippen MR) is 63.3 cm³/mol. The van der Waals surface area contributed by atoms with Crippen LogP contribution < -0.4 is 5.73 Å². The molecule has 0 aliphatic heterocycles. The minimum Gasteiger partial charge on any atom is -0.394 e. The molecule has 2 heterocycles. The zero-order valence-corrected chi connectivity index (χ0v) is 9.88. The van der Waals surface area contributed by atoms with E-state index in [1.165, 1.54) is 0 Å². The van der Waals surface area contributed by atoms with Gasteiger partial charge in [0.2, 0.25) is 0 Å². The highest BCUT2D eigenvalue weighted by molar-refractivity contribution is 5.85. The first kappa shape index (κ1) is 11.8. The summed E-state index contributed by atoms with van der Waals surface area (Å²) in [5, 5.41) is 4.41. The van der Waals surface area contributed by atoms with Gasteiger partial charge in [0.1, 0.15) is 5.69 Å². The van der Waals surface area contributed by atoms with Gasteiger partial charge < -0.3 is 5.73 Å². The summed E-state index contributed by atoms with van der Waals surface area (Å²) in [6.45, 7) is 6.27. The van der Waals surface area contributed by atoms with E-state index < -0.39 is 0 Å². The van der Waals surface area contributed by atoms with Crippen LogP contribution in [0.1, 0.15) is 26.5 Å². The molecule has 0 unspecified atom stereocenters. The van der Waals surface area contributed by atoms with Crippen LogP contribution in [0.3, 0.4) is 0 Å². The van der Waals surface area contributed by atoms with Gasteiger partial charge in [-0.25, -0.2) is 9.50 Å². The largest absolute Gasteiger partial charge is 0.394 e. The molecule has 2 aromatic heterocycles. The van der Waals surface area contributed by atoms with Crippen LogP contribution in [-0.4, -0.2) is 14.6 Å². The molecule has 0 radical (unpaired) electrons. The first-order chi connectivity index (χ1) is 6.50. The van der Waals surface area contributed by atoms with E-state index in [0.717, 1.165) is 11.3 Å². The molecular weight excluding hydrogens is 212 g/mol. The smallest absolute Gasteiger partial charge is 0.178 e. The SMILES string of the molecule is CC(C)(C)c1nn2cccnc2c1N.Cl. The fourth-order valence-electron chi connectivity index (χ4n) is 1.46. The molecule has 0 fully saturated rings. The summed E-state index contributed by atoms with van der Waals surface area (Å²) >= 11 is 0. The lowest BCUT2D eigenvalue weighted by Crippen LogP contribution is -2.14. The molecular formula is C10H15ClN4. The van der Waals surface area contributed by atoms with Crippen molar-refractivity contribution in [2.45, 2.75) is 26.2 Å². The molecule has 0 aliphatic rings. The number of nitrogen functional groups attached to an aromatic ring is 1. The Kier molecular flexibility index (Phi) is 2.90. The van der Waals surface area contributed by atoms with E-state index in [0.29, 0.717) is 5.69 Å². The van der Waals surface area contributed by atoms with Crippen LogP contribution >= 0.6 is 12.4 Å². The maximum atomic E-state index is 5.98. The first-order valence-electron chi connectivity index (χ1n) is 4.59. The molecule has 2 rings (SSSR count). The van der Waals surface area contributed by atoms with Crippen LogP contribution in [0.5, 0.6) is 0 Å². The van der Waals surface area contributed by atoms with Crippen molar-refractivity contribution in [3.63, 3.8) is 0 Å². The number of aromatic nitrogens is 3. The van der Waals surface area contributed by atoms with E-state index >= 15 is 0 Å². The van der Waals surface area contributed by atoms with E-state index in [1.807, 2.05) is 12.3 Å². The Morgan fingerprint density at radius 1 is 1.33 bits per heavy atom. The minimum absolute atomic E-state index is 0. The normalized spacial score (nSPS) is 11.4. The van der Waals surface area contributed by atoms with Crippen molar-refractivity contribution in [3.8, 4) is 0 Å². The standard InChI is InChI=1S/C10H14N4.ClH/c1-10(2,3)8-7(11)9-12-5-4-6-14(9)13-8;/h4-6H,11H2,1-3H3;1H. The molecule has 4 nitrogen and oxygen atoms in total. The molecule has 15 heavy (non-hydrogen) atoms. The fourth-order valence-corrected chi connectivity index (χ4v) is 1.46. The van der Waals surface area contributed by atoms with Crippen LogP contribution in [-0.2, 0) is 5.41 Å². The lowest BCUT2D eigenvalue weighted by Gasteiger charge is -2.15. The maximum absolute atomic E-state index is 5.98. The van der Waals surface area contributed by atoms with Crippen molar-refractivity contribution >= 4 is 23.7 Å². The Morgan fingerprint density at radius 2 is 2.00 bits per heavy atom. The second-order valence-electron chi connectivity index (χ2n) is 4.40. The van der Waals surface area contributed by atoms with Crippen LogP contribution in [0.25, 0.3) is 5.65 Å². The average molecular weight is 227 g/mol. The minimum atomic E-state index is -0.0439. The third-order valence-electron chi connectivity index (χ3n) is 2.14. The summed E-state index contributed by atoms with van der Waals surface area (Å²) in [4.78, 5) is 4.19. The highest BCUT2D eigenvalue weighted by Crippen LogP contribution is 2.28. The molecule has 82 valence electrons. The van der Waals surface area contributed by atoms with Crippen molar-refractivity contribution < 1.29 is 0 Å². The van der Waals surface area contributed by atoms with Gasteiger partial charge in [-0.2, -0.15) is 5.10 Å². The summed E-state index contributed by atoms with van der Waals surface area (Å²) in [6.07, 6.45) is 3.58. The van der Waals surface area contributed by atoms with Gasteiger partial charge in [-0.3, -0.25) is 0 Å². The van der Waals surface area contributed by atoms with Crippen LogP contribution in [0, 0.1) is 0 Å². The van der Waals surface area contributed by atoms with E-state index in [1.54, 1.807) is 10.7 Å². The maximum Gasteiger partial charge on any atom is 0.178 e. The molecule has 0 amide bonds. The van der Waals surface area contributed by atoms with Crippen molar-refractivity contribution in [2.24, 2.45) is 0 Å². The first-order valence-corrected chi connectivity index (χ1v) is 4.59. The summed E-state index contributed by atoms with van der Waals surface area (Å²) in [7, 11) is 0. The Labute approximate surface area is 94.9 Å². The zero-order valence-electron chi connectivity index (χ0n) is 9.06. The number of rotatable bonds is 0. The van der Waals surface area contributed by atoms with Gasteiger partial charge in [0.05, 0.1) is 5.69 Å². The summed E-state index contributed by atoms with van der Waals surface area (Å²) in [5.41, 5.74) is 8.25. The number of nitrogens with two attached hydrogens (primary N) is 1. The van der Waals surface area contributed by atoms with Gasteiger partial charge in [0.15, 0.2) is 5.65 Å². The summed E-state index contributed by atoms with van der Waals surface area (Å²) in [5.74, 6) is 0. The van der Waals surface area contributed by atoms with Crippen molar-refractivity contribution in [1.82, 2.24) is 14.6 Å². The number of fused-ring (bicyclic) bond motifs is 1. The third kappa shape index (κ3) is 1.90. The zero-order chi connectivity index (χ0) is 10.3. The molecule has 5 heteroatoms. The lowest BCUT2D eigenvalue weighted by atomic mass is 9.91. The molecule has 0 bridgehead atoms. The van der Waals surface area contributed by atoms with Crippen molar-refractivity contribution in [2.75, 3.05) is 5.73 Å². The average Bonchev–Trinajstić information content (AvgIpc) is 2.44. The van der Waals surface area contributed by atoms with Crippen LogP contribution in [0.4, 0.5) is 5.69 Å². The number of halogens is 1. The lowest BCUT2D eigenvalue weighted by molar-refractivity contribution is 0.564. The van der Waals surface area contributed by atoms with Gasteiger partial charge in [0, 0.05) is 17.8 Å². The highest BCUT2D eigenvalue weighted by atomic mass is 35.5. The molecule has 0 aromatic carbocycles. The van der Waals surface area contributed by atoms with Gasteiger partial charge >= 0.3 is 0 Å². The summed E-state index contributed by atoms with van der Waals surface area (Å²) in [6, 6.07) is 1.84. The topological polar surface area (TPSA) is 56.2 Å². The van der Waals surface area contributed by atoms with E-state index in [2.05, 4.69) is 30.9 Å². The molecule has 0 aliphatic carbocycles. The molecule has 0 saturated carbocycles. The number of nitrogens with zero attached hydrogens (tertiary/aromatic N) is 3. The Balaban J connectivity index is 0.00000112. The predicted octanol–water partition coefficient (Wildman–Crippen LogP) is 2.03. The molecule has 0 saturated heterocycles. The van der Waals surface area contributed by atoms with Gasteiger partial charge in [-0.15, -0.1) is 12.4 Å².